The third-order valence-corrected chi connectivity index (χ3v) is 2.99. The summed E-state index contributed by atoms with van der Waals surface area (Å²) in [6.45, 7) is 1.74. The number of fused-ring (bicyclic) bond motifs is 1. The number of carbonyl (C=O) groups excluding carboxylic acids is 1. The first kappa shape index (κ1) is 15.3. The van der Waals surface area contributed by atoms with Gasteiger partial charge in [-0.2, -0.15) is 0 Å². The fraction of sp³-hybridized carbons (Fsp3) is 0.400. The number of benzene rings is 1. The second kappa shape index (κ2) is 7.66. The number of nitrogens with one attached hydrogen (secondary N) is 2. The van der Waals surface area contributed by atoms with E-state index in [0.29, 0.717) is 25.4 Å². The van der Waals surface area contributed by atoms with Gasteiger partial charge < -0.3 is 24.5 Å². The third kappa shape index (κ3) is 4.21. The van der Waals surface area contributed by atoms with Crippen LogP contribution in [-0.4, -0.2) is 39.8 Å². The molecule has 2 rings (SSSR count). The van der Waals surface area contributed by atoms with Crippen LogP contribution < -0.4 is 15.4 Å². The summed E-state index contributed by atoms with van der Waals surface area (Å²) >= 11 is 0. The summed E-state index contributed by atoms with van der Waals surface area (Å²) in [6.07, 6.45) is 0. The van der Waals surface area contributed by atoms with Crippen molar-refractivity contribution in [3.8, 4) is 5.75 Å². The molecule has 6 heteroatoms. The predicted molar refractivity (Wildman–Crippen MR) is 79.4 cm³/mol. The molecule has 1 aromatic carbocycles. The Labute approximate surface area is 123 Å². The predicted octanol–water partition coefficient (Wildman–Crippen LogP) is 1.29. The van der Waals surface area contributed by atoms with Crippen LogP contribution >= 0.6 is 0 Å². The van der Waals surface area contributed by atoms with Gasteiger partial charge in [0, 0.05) is 19.0 Å². The maximum Gasteiger partial charge on any atom is 0.234 e. The molecule has 1 heterocycles. The summed E-state index contributed by atoms with van der Waals surface area (Å²) in [5.74, 6) is 1.40. The number of para-hydroxylation sites is 1. The van der Waals surface area contributed by atoms with Gasteiger partial charge in [0.05, 0.1) is 26.8 Å². The Hall–Kier alpha value is -2.05. The number of hydrogen-bond acceptors (Lipinski definition) is 5. The van der Waals surface area contributed by atoms with E-state index in [4.69, 9.17) is 13.9 Å². The molecule has 0 aliphatic rings. The van der Waals surface area contributed by atoms with E-state index in [9.17, 15) is 4.79 Å². The second-order valence-corrected chi connectivity index (χ2v) is 4.54. The lowest BCUT2D eigenvalue weighted by molar-refractivity contribution is -0.120. The van der Waals surface area contributed by atoms with E-state index in [1.165, 1.54) is 0 Å². The zero-order valence-corrected chi connectivity index (χ0v) is 12.3. The van der Waals surface area contributed by atoms with E-state index in [2.05, 4.69) is 10.6 Å². The molecule has 0 bridgehead atoms. The van der Waals surface area contributed by atoms with E-state index < -0.39 is 0 Å². The number of rotatable bonds is 8. The van der Waals surface area contributed by atoms with Gasteiger partial charge in [-0.3, -0.25) is 4.79 Å². The molecule has 1 aromatic heterocycles. The maximum atomic E-state index is 11.5. The van der Waals surface area contributed by atoms with E-state index in [-0.39, 0.29) is 12.5 Å². The van der Waals surface area contributed by atoms with Crippen LogP contribution in [0.1, 0.15) is 5.76 Å². The molecule has 0 fully saturated rings. The molecule has 0 radical (unpaired) electrons. The zero-order chi connectivity index (χ0) is 15.1. The topological polar surface area (TPSA) is 72.7 Å². The average Bonchev–Trinajstić information content (AvgIpc) is 2.90. The number of ether oxygens (including phenoxy) is 2. The molecule has 0 unspecified atom stereocenters. The van der Waals surface area contributed by atoms with Crippen molar-refractivity contribution in [2.24, 2.45) is 0 Å². The highest BCUT2D eigenvalue weighted by molar-refractivity contribution is 5.83. The summed E-state index contributed by atoms with van der Waals surface area (Å²) in [6, 6.07) is 7.67. The number of hydrogen-bond donors (Lipinski definition) is 2. The zero-order valence-electron chi connectivity index (χ0n) is 12.3. The first-order valence-electron chi connectivity index (χ1n) is 6.76. The van der Waals surface area contributed by atoms with Gasteiger partial charge in [-0.1, -0.05) is 12.1 Å². The molecule has 0 aliphatic heterocycles. The third-order valence-electron chi connectivity index (χ3n) is 2.99. The molecule has 0 aliphatic carbocycles. The van der Waals surface area contributed by atoms with Crippen molar-refractivity contribution in [2.75, 3.05) is 33.9 Å². The number of carbonyl (C=O) groups is 1. The van der Waals surface area contributed by atoms with Crippen LogP contribution in [0.2, 0.25) is 0 Å². The molecule has 2 N–H and O–H groups in total. The van der Waals surface area contributed by atoms with Crippen molar-refractivity contribution in [3.05, 3.63) is 30.0 Å². The van der Waals surface area contributed by atoms with Crippen LogP contribution in [0, 0.1) is 0 Å². The summed E-state index contributed by atoms with van der Waals surface area (Å²) in [5, 5.41) is 6.76. The number of furan rings is 1. The van der Waals surface area contributed by atoms with Crippen LogP contribution in [0.25, 0.3) is 11.0 Å². The fourth-order valence-corrected chi connectivity index (χ4v) is 1.99. The lowest BCUT2D eigenvalue weighted by Crippen LogP contribution is -2.35. The van der Waals surface area contributed by atoms with Crippen LogP contribution in [0.4, 0.5) is 0 Å². The van der Waals surface area contributed by atoms with Crippen LogP contribution in [0.15, 0.2) is 28.7 Å². The smallest absolute Gasteiger partial charge is 0.234 e. The van der Waals surface area contributed by atoms with Gasteiger partial charge in [-0.05, 0) is 12.1 Å². The highest BCUT2D eigenvalue weighted by Crippen LogP contribution is 2.28. The fourth-order valence-electron chi connectivity index (χ4n) is 1.99. The molecule has 1 amide bonds. The van der Waals surface area contributed by atoms with Crippen molar-refractivity contribution >= 4 is 16.9 Å². The van der Waals surface area contributed by atoms with Gasteiger partial charge in [0.15, 0.2) is 11.3 Å². The highest BCUT2D eigenvalue weighted by Gasteiger charge is 2.08. The monoisotopic (exact) mass is 292 g/mol. The van der Waals surface area contributed by atoms with E-state index in [1.54, 1.807) is 14.2 Å². The van der Waals surface area contributed by atoms with Gasteiger partial charge in [0.25, 0.3) is 0 Å². The largest absolute Gasteiger partial charge is 0.493 e. The molecule has 6 nitrogen and oxygen atoms in total. The van der Waals surface area contributed by atoms with Crippen LogP contribution in [0.5, 0.6) is 5.75 Å². The summed E-state index contributed by atoms with van der Waals surface area (Å²) in [7, 11) is 3.21. The first-order valence-corrected chi connectivity index (χ1v) is 6.76. The lowest BCUT2D eigenvalue weighted by atomic mass is 10.2. The number of methoxy groups -OCH3 is 2. The number of amides is 1. The Morgan fingerprint density at radius 2 is 2.19 bits per heavy atom. The Kier molecular flexibility index (Phi) is 5.59. The van der Waals surface area contributed by atoms with Gasteiger partial charge in [-0.25, -0.2) is 0 Å². The first-order chi connectivity index (χ1) is 10.2. The Bertz CT molecular complexity index is 594. The van der Waals surface area contributed by atoms with Gasteiger partial charge >= 0.3 is 0 Å². The van der Waals surface area contributed by atoms with Gasteiger partial charge in [0.1, 0.15) is 5.76 Å². The molecule has 0 atom stereocenters. The Balaban J connectivity index is 1.85. The van der Waals surface area contributed by atoms with E-state index in [1.807, 2.05) is 24.3 Å². The highest BCUT2D eigenvalue weighted by atomic mass is 16.5. The summed E-state index contributed by atoms with van der Waals surface area (Å²) in [4.78, 5) is 11.5. The lowest BCUT2D eigenvalue weighted by Gasteiger charge is -2.04. The minimum absolute atomic E-state index is 0.0688. The average molecular weight is 292 g/mol. The van der Waals surface area contributed by atoms with Crippen molar-refractivity contribution in [1.82, 2.24) is 10.6 Å². The Morgan fingerprint density at radius 1 is 1.33 bits per heavy atom. The molecule has 21 heavy (non-hydrogen) atoms. The van der Waals surface area contributed by atoms with Crippen molar-refractivity contribution in [3.63, 3.8) is 0 Å². The molecule has 114 valence electrons. The summed E-state index contributed by atoms with van der Waals surface area (Å²) < 4.78 is 15.8. The normalized spacial score (nSPS) is 10.8. The molecule has 2 aromatic rings. The van der Waals surface area contributed by atoms with Gasteiger partial charge in [0.2, 0.25) is 5.91 Å². The Morgan fingerprint density at radius 3 is 2.95 bits per heavy atom. The molecular weight excluding hydrogens is 272 g/mol. The molecule has 0 spiro atoms. The van der Waals surface area contributed by atoms with Gasteiger partial charge in [-0.15, -0.1) is 0 Å². The molecule has 0 saturated carbocycles. The second-order valence-electron chi connectivity index (χ2n) is 4.54. The maximum absolute atomic E-state index is 11.5. The van der Waals surface area contributed by atoms with E-state index >= 15 is 0 Å². The minimum atomic E-state index is -0.0688. The quantitative estimate of drug-likeness (QED) is 0.717. The summed E-state index contributed by atoms with van der Waals surface area (Å²) in [5.41, 5.74) is 0.723. The minimum Gasteiger partial charge on any atom is -0.493 e. The van der Waals surface area contributed by atoms with Crippen molar-refractivity contribution in [2.45, 2.75) is 6.54 Å². The van der Waals surface area contributed by atoms with Crippen LogP contribution in [-0.2, 0) is 16.1 Å². The van der Waals surface area contributed by atoms with Crippen LogP contribution in [0.3, 0.4) is 0 Å². The van der Waals surface area contributed by atoms with E-state index in [0.717, 1.165) is 16.7 Å². The van der Waals surface area contributed by atoms with Crippen molar-refractivity contribution < 1.29 is 18.7 Å². The van der Waals surface area contributed by atoms with Crippen molar-refractivity contribution in [1.29, 1.82) is 0 Å². The SMILES string of the molecule is COCCNC(=O)CNCc1cc2cccc(OC)c2o1. The standard InChI is InChI=1S/C15H20N2O4/c1-19-7-6-17-14(18)10-16-9-12-8-11-4-3-5-13(20-2)15(11)21-12/h3-5,8,16H,6-7,9-10H2,1-2H3,(H,17,18). The molecule has 0 saturated heterocycles. The molecular formula is C15H20N2O4.